The average molecular weight is 543 g/mol. The van der Waals surface area contributed by atoms with Gasteiger partial charge >= 0.3 is 0 Å². The minimum Gasteiger partial charge on any atom is -0.384 e. The summed E-state index contributed by atoms with van der Waals surface area (Å²) in [5.74, 6) is -0.198. The molecule has 0 saturated heterocycles. The lowest BCUT2D eigenvalue weighted by Crippen LogP contribution is -2.38. The van der Waals surface area contributed by atoms with Crippen LogP contribution in [0.25, 0.3) is 0 Å². The zero-order chi connectivity index (χ0) is 26.8. The van der Waals surface area contributed by atoms with Crippen LogP contribution >= 0.6 is 23.1 Å². The molecule has 1 aliphatic carbocycles. The number of nitrogens with one attached hydrogen (secondary N) is 1. The van der Waals surface area contributed by atoms with Crippen molar-refractivity contribution in [2.45, 2.75) is 43.4 Å². The number of carbonyl (C=O) groups excluding carboxylic acids is 2. The van der Waals surface area contributed by atoms with Crippen LogP contribution in [-0.4, -0.2) is 27.6 Å². The quantitative estimate of drug-likeness (QED) is 0.408. The second kappa shape index (κ2) is 10.8. The smallest absolute Gasteiger partial charge is 0.234 e. The lowest BCUT2D eigenvalue weighted by atomic mass is 9.76. The van der Waals surface area contributed by atoms with E-state index in [1.54, 1.807) is 4.90 Å². The van der Waals surface area contributed by atoms with Gasteiger partial charge in [-0.1, -0.05) is 65.6 Å². The number of aryl methyl sites for hydroxylation is 1. The van der Waals surface area contributed by atoms with E-state index in [0.717, 1.165) is 28.1 Å². The van der Waals surface area contributed by atoms with E-state index in [1.807, 2.05) is 62.4 Å². The Hall–Kier alpha value is -3.94. The SMILES string of the molecule is Cc1cccc(NC(=O)CSc2nnc(N3C(N)=C(C#N)C(c4ccccc4)C4=C3CCCC4=O)s2)c1C. The minimum atomic E-state index is -0.504. The summed E-state index contributed by atoms with van der Waals surface area (Å²) in [4.78, 5) is 27.5. The third-order valence-electron chi connectivity index (χ3n) is 6.84. The molecule has 192 valence electrons. The third-order valence-corrected chi connectivity index (χ3v) is 8.88. The molecule has 0 fully saturated rings. The highest BCUT2D eigenvalue weighted by atomic mass is 32.2. The molecule has 1 aliphatic heterocycles. The molecule has 38 heavy (non-hydrogen) atoms. The van der Waals surface area contributed by atoms with Gasteiger partial charge in [-0.05, 0) is 49.4 Å². The summed E-state index contributed by atoms with van der Waals surface area (Å²) < 4.78 is 0.594. The van der Waals surface area contributed by atoms with Crippen molar-refractivity contribution in [2.75, 3.05) is 16.0 Å². The van der Waals surface area contributed by atoms with Gasteiger partial charge in [-0.3, -0.25) is 14.5 Å². The number of rotatable bonds is 6. The van der Waals surface area contributed by atoms with E-state index in [9.17, 15) is 14.9 Å². The van der Waals surface area contributed by atoms with Crippen LogP contribution in [0.2, 0.25) is 0 Å². The summed E-state index contributed by atoms with van der Waals surface area (Å²) in [6, 6.07) is 17.6. The maximum absolute atomic E-state index is 13.2. The third kappa shape index (κ3) is 4.83. The monoisotopic (exact) mass is 542 g/mol. The Bertz CT molecular complexity index is 1520. The molecule has 3 N–H and O–H groups in total. The molecule has 1 unspecified atom stereocenters. The van der Waals surface area contributed by atoms with Crippen LogP contribution in [0.5, 0.6) is 0 Å². The number of nitrogens with two attached hydrogens (primary N) is 1. The molecule has 0 radical (unpaired) electrons. The second-order valence-corrected chi connectivity index (χ2v) is 11.3. The molecule has 8 nitrogen and oxygen atoms in total. The molecule has 1 atom stereocenters. The van der Waals surface area contributed by atoms with Gasteiger partial charge in [0.05, 0.1) is 23.3 Å². The first-order valence-corrected chi connectivity index (χ1v) is 14.0. The average Bonchev–Trinajstić information content (AvgIpc) is 3.38. The van der Waals surface area contributed by atoms with Crippen LogP contribution in [0, 0.1) is 25.2 Å². The standard InChI is InChI=1S/C28H26N6O2S2/c1-16-8-6-11-20(17(16)2)31-23(36)15-37-28-33-32-27(38-28)34-21-12-7-13-22(35)25(21)24(19(14-29)26(34)30)18-9-4-3-5-10-18/h3-6,8-11,24H,7,12-13,15,30H2,1-2H3,(H,31,36). The molecule has 0 bridgehead atoms. The number of carbonyl (C=O) groups is 2. The predicted octanol–water partition coefficient (Wildman–Crippen LogP) is 5.19. The molecule has 1 aromatic heterocycles. The van der Waals surface area contributed by atoms with Crippen molar-refractivity contribution in [3.63, 3.8) is 0 Å². The zero-order valence-corrected chi connectivity index (χ0v) is 22.7. The summed E-state index contributed by atoms with van der Waals surface area (Å²) >= 11 is 2.56. The number of anilines is 2. The van der Waals surface area contributed by atoms with Gasteiger partial charge < -0.3 is 11.1 Å². The van der Waals surface area contributed by atoms with Gasteiger partial charge in [-0.15, -0.1) is 10.2 Å². The molecule has 10 heteroatoms. The number of amides is 1. The highest BCUT2D eigenvalue weighted by Gasteiger charge is 2.41. The molecule has 0 saturated carbocycles. The molecule has 2 heterocycles. The summed E-state index contributed by atoms with van der Waals surface area (Å²) in [5, 5.41) is 22.1. The first-order chi connectivity index (χ1) is 18.4. The van der Waals surface area contributed by atoms with E-state index < -0.39 is 5.92 Å². The first-order valence-electron chi connectivity index (χ1n) is 12.2. The van der Waals surface area contributed by atoms with Crippen molar-refractivity contribution in [3.8, 4) is 6.07 Å². The number of Topliss-reactive ketones (excluding diaryl/α,β-unsaturated/α-hetero) is 1. The second-order valence-electron chi connectivity index (χ2n) is 9.16. The van der Waals surface area contributed by atoms with Crippen molar-refractivity contribution in [3.05, 3.63) is 87.9 Å². The highest BCUT2D eigenvalue weighted by molar-refractivity contribution is 8.01. The number of hydrogen-bond donors (Lipinski definition) is 2. The maximum atomic E-state index is 13.2. The molecule has 2 aromatic carbocycles. The molecule has 3 aromatic rings. The number of hydrogen-bond acceptors (Lipinski definition) is 9. The van der Waals surface area contributed by atoms with Crippen molar-refractivity contribution < 1.29 is 9.59 Å². The number of allylic oxidation sites excluding steroid dienone is 3. The van der Waals surface area contributed by atoms with Crippen molar-refractivity contribution in [1.82, 2.24) is 10.2 Å². The Kier molecular flexibility index (Phi) is 7.31. The molecular weight excluding hydrogens is 516 g/mol. The fourth-order valence-electron chi connectivity index (χ4n) is 4.84. The van der Waals surface area contributed by atoms with Crippen molar-refractivity contribution >= 4 is 45.6 Å². The van der Waals surface area contributed by atoms with Crippen LogP contribution in [0.3, 0.4) is 0 Å². The zero-order valence-electron chi connectivity index (χ0n) is 21.0. The molecule has 1 amide bonds. The van der Waals surface area contributed by atoms with Gasteiger partial charge in [0.2, 0.25) is 11.0 Å². The number of nitriles is 1. The first kappa shape index (κ1) is 25.7. The van der Waals surface area contributed by atoms with Gasteiger partial charge in [0.15, 0.2) is 10.1 Å². The fraction of sp³-hybridized carbons (Fsp3) is 0.250. The van der Waals surface area contributed by atoms with Crippen LogP contribution in [-0.2, 0) is 9.59 Å². The molecular formula is C28H26N6O2S2. The number of aromatic nitrogens is 2. The lowest BCUT2D eigenvalue weighted by Gasteiger charge is -2.38. The minimum absolute atomic E-state index is 0.0209. The topological polar surface area (TPSA) is 125 Å². The number of nitrogens with zero attached hydrogens (tertiary/aromatic N) is 4. The van der Waals surface area contributed by atoms with Crippen LogP contribution < -0.4 is 16.0 Å². The summed E-state index contributed by atoms with van der Waals surface area (Å²) in [7, 11) is 0. The summed E-state index contributed by atoms with van der Waals surface area (Å²) in [5.41, 5.74) is 12.1. The number of ketones is 1. The van der Waals surface area contributed by atoms with E-state index in [2.05, 4.69) is 21.6 Å². The molecule has 0 spiro atoms. The van der Waals surface area contributed by atoms with E-state index in [-0.39, 0.29) is 23.3 Å². The van der Waals surface area contributed by atoms with E-state index in [4.69, 9.17) is 5.73 Å². The highest BCUT2D eigenvalue weighted by Crippen LogP contribution is 2.47. The Labute approximate surface area is 229 Å². The van der Waals surface area contributed by atoms with Crippen LogP contribution in [0.1, 0.15) is 41.9 Å². The maximum Gasteiger partial charge on any atom is 0.234 e. The molecule has 2 aliphatic rings. The lowest BCUT2D eigenvalue weighted by molar-refractivity contribution is -0.116. The van der Waals surface area contributed by atoms with E-state index in [0.29, 0.717) is 39.9 Å². The largest absolute Gasteiger partial charge is 0.384 e. The number of thioether (sulfide) groups is 1. The van der Waals surface area contributed by atoms with Gasteiger partial charge in [0.25, 0.3) is 0 Å². The van der Waals surface area contributed by atoms with Crippen LogP contribution in [0.4, 0.5) is 10.8 Å². The Morgan fingerprint density at radius 2 is 1.97 bits per heavy atom. The van der Waals surface area contributed by atoms with Gasteiger partial charge in [-0.25, -0.2) is 0 Å². The Morgan fingerprint density at radius 1 is 1.18 bits per heavy atom. The van der Waals surface area contributed by atoms with E-state index in [1.165, 1.54) is 23.1 Å². The molecule has 5 rings (SSSR count). The van der Waals surface area contributed by atoms with Crippen molar-refractivity contribution in [1.29, 1.82) is 5.26 Å². The van der Waals surface area contributed by atoms with Gasteiger partial charge in [-0.2, -0.15) is 5.26 Å². The predicted molar refractivity (Wildman–Crippen MR) is 150 cm³/mol. The summed E-state index contributed by atoms with van der Waals surface area (Å²) in [6.07, 6.45) is 1.77. The Morgan fingerprint density at radius 3 is 2.74 bits per heavy atom. The van der Waals surface area contributed by atoms with Gasteiger partial charge in [0, 0.05) is 23.4 Å². The van der Waals surface area contributed by atoms with Crippen LogP contribution in [0.15, 0.2) is 75.5 Å². The van der Waals surface area contributed by atoms with E-state index >= 15 is 0 Å². The summed E-state index contributed by atoms with van der Waals surface area (Å²) in [6.45, 7) is 3.98. The number of benzene rings is 2. The van der Waals surface area contributed by atoms with Gasteiger partial charge in [0.1, 0.15) is 5.82 Å². The fourth-order valence-corrected chi connectivity index (χ4v) is 6.52. The van der Waals surface area contributed by atoms with Crippen molar-refractivity contribution in [2.24, 2.45) is 5.73 Å². The normalized spacial score (nSPS) is 17.3. The Balaban J connectivity index is 1.41.